The van der Waals surface area contributed by atoms with Gasteiger partial charge in [0.15, 0.2) is 0 Å². The molecular formula is C10H24BaO. The topological polar surface area (TPSA) is 20.2 Å². The van der Waals surface area contributed by atoms with E-state index < -0.39 is 0 Å². The molecule has 72 valence electrons. The van der Waals surface area contributed by atoms with Gasteiger partial charge in [-0.2, -0.15) is 0 Å². The Morgan fingerprint density at radius 2 is 1.17 bits per heavy atom. The molecule has 0 saturated carbocycles. The van der Waals surface area contributed by atoms with Gasteiger partial charge in [0, 0.05) is 6.61 Å². The van der Waals surface area contributed by atoms with Gasteiger partial charge in [0.05, 0.1) is 0 Å². The molecule has 0 bridgehead atoms. The van der Waals surface area contributed by atoms with Crippen molar-refractivity contribution in [3.63, 3.8) is 0 Å². The zero-order valence-corrected chi connectivity index (χ0v) is 7.81. The summed E-state index contributed by atoms with van der Waals surface area (Å²) >= 11 is 0. The fraction of sp³-hybridized carbons (Fsp3) is 1.00. The molecule has 0 aliphatic carbocycles. The van der Waals surface area contributed by atoms with Crippen molar-refractivity contribution in [1.82, 2.24) is 0 Å². The second-order valence-corrected chi connectivity index (χ2v) is 3.20. The van der Waals surface area contributed by atoms with E-state index in [-0.39, 0.29) is 48.9 Å². The van der Waals surface area contributed by atoms with Gasteiger partial charge in [-0.1, -0.05) is 51.9 Å². The van der Waals surface area contributed by atoms with Crippen LogP contribution in [0, 0.1) is 0 Å². The number of hydrogen-bond acceptors (Lipinski definition) is 1. The fourth-order valence-electron chi connectivity index (χ4n) is 1.25. The summed E-state index contributed by atoms with van der Waals surface area (Å²) in [6.45, 7) is 2.61. The van der Waals surface area contributed by atoms with Crippen LogP contribution in [0.1, 0.15) is 58.3 Å². The number of aliphatic hydroxyl groups is 1. The Balaban J connectivity index is 0. The molecule has 0 fully saturated rings. The van der Waals surface area contributed by atoms with Gasteiger partial charge in [-0.05, 0) is 6.42 Å². The van der Waals surface area contributed by atoms with Gasteiger partial charge >= 0.3 is 48.9 Å². The normalized spacial score (nSPS) is 9.50. The number of aliphatic hydroxyl groups excluding tert-OH is 1. The minimum atomic E-state index is 0. The fourth-order valence-corrected chi connectivity index (χ4v) is 1.25. The van der Waals surface area contributed by atoms with E-state index in [0.29, 0.717) is 6.61 Å². The van der Waals surface area contributed by atoms with Gasteiger partial charge in [-0.15, -0.1) is 0 Å². The van der Waals surface area contributed by atoms with Crippen LogP contribution >= 0.6 is 0 Å². The summed E-state index contributed by atoms with van der Waals surface area (Å²) in [5.74, 6) is 0. The quantitative estimate of drug-likeness (QED) is 0.538. The van der Waals surface area contributed by atoms with E-state index >= 15 is 0 Å². The first-order valence-electron chi connectivity index (χ1n) is 5.02. The average Bonchev–Trinajstić information content (AvgIpc) is 2.03. The van der Waals surface area contributed by atoms with Gasteiger partial charge in [0.1, 0.15) is 0 Å². The molecule has 0 aromatic rings. The van der Waals surface area contributed by atoms with Crippen LogP contribution in [0.25, 0.3) is 0 Å². The van der Waals surface area contributed by atoms with E-state index in [9.17, 15) is 0 Å². The summed E-state index contributed by atoms with van der Waals surface area (Å²) in [5, 5.41) is 8.51. The third kappa shape index (κ3) is 14.1. The van der Waals surface area contributed by atoms with Crippen molar-refractivity contribution in [2.75, 3.05) is 6.61 Å². The molecule has 0 aromatic carbocycles. The Bertz CT molecular complexity index is 58.9. The molecule has 2 heteroatoms. The summed E-state index contributed by atoms with van der Waals surface area (Å²) in [5.41, 5.74) is 0. The second-order valence-electron chi connectivity index (χ2n) is 3.20. The molecule has 0 atom stereocenters. The molecular weight excluding hydrogens is 273 g/mol. The molecule has 1 N–H and O–H groups in total. The Morgan fingerprint density at radius 3 is 1.58 bits per heavy atom. The zero-order chi connectivity index (χ0) is 8.36. The predicted octanol–water partition coefficient (Wildman–Crippen LogP) is 2.20. The van der Waals surface area contributed by atoms with E-state index in [4.69, 9.17) is 5.11 Å². The Kier molecular flexibility index (Phi) is 20.0. The molecule has 12 heavy (non-hydrogen) atoms. The Morgan fingerprint density at radius 1 is 0.750 bits per heavy atom. The van der Waals surface area contributed by atoms with Gasteiger partial charge in [-0.25, -0.2) is 0 Å². The molecule has 0 aliphatic rings. The monoisotopic (exact) mass is 298 g/mol. The van der Waals surface area contributed by atoms with Crippen molar-refractivity contribution < 1.29 is 5.11 Å². The van der Waals surface area contributed by atoms with Crippen LogP contribution in [0.3, 0.4) is 0 Å². The van der Waals surface area contributed by atoms with Gasteiger partial charge in [0.25, 0.3) is 0 Å². The van der Waals surface area contributed by atoms with Crippen LogP contribution in [0.2, 0.25) is 0 Å². The number of unbranched alkanes of at least 4 members (excludes halogenated alkanes) is 7. The second kappa shape index (κ2) is 15.0. The molecule has 0 heterocycles. The molecule has 0 saturated heterocycles. The van der Waals surface area contributed by atoms with Gasteiger partial charge < -0.3 is 5.11 Å². The van der Waals surface area contributed by atoms with E-state index in [1.807, 2.05) is 0 Å². The summed E-state index contributed by atoms with van der Waals surface area (Å²) in [7, 11) is 0. The van der Waals surface area contributed by atoms with Crippen molar-refractivity contribution in [1.29, 1.82) is 0 Å². The standard InChI is InChI=1S/C10H22O.Ba.2H/c1-2-3-4-5-6-7-8-9-10-11;;;/h11H,2-10H2,1H3;;;. The van der Waals surface area contributed by atoms with Crippen molar-refractivity contribution in [2.24, 2.45) is 0 Å². The first-order chi connectivity index (χ1) is 5.41. The molecule has 0 aliphatic heterocycles. The SMILES string of the molecule is CCCCCCCCCCO.[BaH2]. The van der Waals surface area contributed by atoms with Gasteiger partial charge in [0.2, 0.25) is 0 Å². The summed E-state index contributed by atoms with van der Waals surface area (Å²) in [6.07, 6.45) is 10.4. The van der Waals surface area contributed by atoms with Crippen LogP contribution in [0.15, 0.2) is 0 Å². The molecule has 0 rings (SSSR count). The molecule has 0 unspecified atom stereocenters. The van der Waals surface area contributed by atoms with Crippen LogP contribution in [-0.2, 0) is 0 Å². The van der Waals surface area contributed by atoms with E-state index in [1.165, 1.54) is 44.9 Å². The first-order valence-corrected chi connectivity index (χ1v) is 5.02. The molecule has 0 radical (unpaired) electrons. The summed E-state index contributed by atoms with van der Waals surface area (Å²) < 4.78 is 0. The van der Waals surface area contributed by atoms with Crippen molar-refractivity contribution in [3.05, 3.63) is 0 Å². The predicted molar refractivity (Wildman–Crippen MR) is 58.2 cm³/mol. The Hall–Kier alpha value is 1.53. The van der Waals surface area contributed by atoms with Crippen molar-refractivity contribution in [2.45, 2.75) is 58.3 Å². The summed E-state index contributed by atoms with van der Waals surface area (Å²) in [6, 6.07) is 0. The van der Waals surface area contributed by atoms with Crippen LogP contribution < -0.4 is 0 Å². The van der Waals surface area contributed by atoms with E-state index in [0.717, 1.165) is 6.42 Å². The molecule has 0 aromatic heterocycles. The van der Waals surface area contributed by atoms with Crippen LogP contribution in [0.4, 0.5) is 0 Å². The third-order valence-electron chi connectivity index (χ3n) is 2.01. The molecule has 0 amide bonds. The van der Waals surface area contributed by atoms with Crippen LogP contribution in [0.5, 0.6) is 0 Å². The van der Waals surface area contributed by atoms with Gasteiger partial charge in [-0.3, -0.25) is 0 Å². The first kappa shape index (κ1) is 16.0. The summed E-state index contributed by atoms with van der Waals surface area (Å²) in [4.78, 5) is 0. The Labute approximate surface area is 117 Å². The van der Waals surface area contributed by atoms with E-state index in [1.54, 1.807) is 0 Å². The third-order valence-corrected chi connectivity index (χ3v) is 2.01. The minimum absolute atomic E-state index is 0. The zero-order valence-electron chi connectivity index (χ0n) is 7.81. The number of hydrogen-bond donors (Lipinski definition) is 1. The molecule has 1 nitrogen and oxygen atoms in total. The van der Waals surface area contributed by atoms with E-state index in [2.05, 4.69) is 6.92 Å². The van der Waals surface area contributed by atoms with Crippen molar-refractivity contribution >= 4 is 48.9 Å². The molecule has 0 spiro atoms. The van der Waals surface area contributed by atoms with Crippen LogP contribution in [-0.4, -0.2) is 60.6 Å². The average molecular weight is 298 g/mol. The maximum absolute atomic E-state index is 8.51. The van der Waals surface area contributed by atoms with Crippen molar-refractivity contribution in [3.8, 4) is 0 Å². The number of rotatable bonds is 8. The maximum atomic E-state index is 8.51.